The molecule has 3 saturated heterocycles. The summed E-state index contributed by atoms with van der Waals surface area (Å²) < 4.78 is 31.7. The van der Waals surface area contributed by atoms with Crippen molar-refractivity contribution in [2.75, 3.05) is 52.4 Å². The normalized spacial score (nSPS) is 21.2. The first-order valence-corrected chi connectivity index (χ1v) is 15.4. The number of piperidine rings is 1. The lowest BCUT2D eigenvalue weighted by Gasteiger charge is -2.28. The standard InChI is InChI=1S/C31H42N4O2.C2HF3O2/c1-23-10-9-11-24(2)30(23)31(37)35-20-26-18-34(19-27(26)21-35)17-14-28(25-12-5-3-6-13-25)32-29(36)22-33-15-7-4-8-16-33;3-2(4,5)1(6)7/h3,5-6,9-13,26-28H,4,7-8,14-22H2,1-2H3,(H,32,36);(H,6,7)/t26-,27?,28?;/m0./s1. The minimum Gasteiger partial charge on any atom is -0.475 e. The number of likely N-dealkylation sites (tertiary alicyclic amines) is 3. The quantitative estimate of drug-likeness (QED) is 0.448. The van der Waals surface area contributed by atoms with Crippen LogP contribution < -0.4 is 5.32 Å². The molecule has 2 aromatic carbocycles. The van der Waals surface area contributed by atoms with E-state index in [0.29, 0.717) is 18.4 Å². The molecule has 0 spiro atoms. The third-order valence-electron chi connectivity index (χ3n) is 8.87. The monoisotopic (exact) mass is 616 g/mol. The van der Waals surface area contributed by atoms with E-state index in [1.807, 2.05) is 38.1 Å². The summed E-state index contributed by atoms with van der Waals surface area (Å²) in [6, 6.07) is 16.5. The van der Waals surface area contributed by atoms with Crippen molar-refractivity contribution in [3.05, 3.63) is 70.8 Å². The van der Waals surface area contributed by atoms with E-state index >= 15 is 0 Å². The fraction of sp³-hybridized carbons (Fsp3) is 0.545. The average molecular weight is 617 g/mol. The number of hydrogen-bond acceptors (Lipinski definition) is 5. The van der Waals surface area contributed by atoms with Crippen molar-refractivity contribution < 1.29 is 32.7 Å². The molecule has 11 heteroatoms. The minimum atomic E-state index is -5.08. The highest BCUT2D eigenvalue weighted by molar-refractivity contribution is 5.97. The van der Waals surface area contributed by atoms with E-state index in [0.717, 1.165) is 68.9 Å². The predicted molar refractivity (Wildman–Crippen MR) is 161 cm³/mol. The number of carboxylic acid groups (broad SMARTS) is 1. The molecule has 3 aliphatic rings. The molecule has 3 aliphatic heterocycles. The van der Waals surface area contributed by atoms with Crippen molar-refractivity contribution in [3.63, 3.8) is 0 Å². The number of nitrogens with zero attached hydrogens (tertiary/aromatic N) is 3. The van der Waals surface area contributed by atoms with Gasteiger partial charge in [0.2, 0.25) is 5.91 Å². The minimum absolute atomic E-state index is 0.0287. The molecule has 0 aliphatic carbocycles. The zero-order valence-corrected chi connectivity index (χ0v) is 25.5. The van der Waals surface area contributed by atoms with Crippen molar-refractivity contribution in [1.82, 2.24) is 20.0 Å². The smallest absolute Gasteiger partial charge is 0.475 e. The first-order chi connectivity index (χ1) is 20.9. The maximum Gasteiger partial charge on any atom is 0.490 e. The van der Waals surface area contributed by atoms with Gasteiger partial charge in [-0.2, -0.15) is 13.2 Å². The van der Waals surface area contributed by atoms with Crippen molar-refractivity contribution >= 4 is 17.8 Å². The summed E-state index contributed by atoms with van der Waals surface area (Å²) in [6.07, 6.45) is -0.513. The molecule has 2 unspecified atom stereocenters. The summed E-state index contributed by atoms with van der Waals surface area (Å²) in [7, 11) is 0. The number of halogens is 3. The van der Waals surface area contributed by atoms with Gasteiger partial charge < -0.3 is 20.2 Å². The van der Waals surface area contributed by atoms with Crippen LogP contribution in [0.2, 0.25) is 0 Å². The largest absolute Gasteiger partial charge is 0.490 e. The van der Waals surface area contributed by atoms with Gasteiger partial charge in [-0.1, -0.05) is 55.0 Å². The number of carbonyl (C=O) groups excluding carboxylic acids is 2. The van der Waals surface area contributed by atoms with E-state index in [2.05, 4.69) is 44.3 Å². The Morgan fingerprint density at radius 2 is 1.43 bits per heavy atom. The molecule has 0 bridgehead atoms. The number of rotatable bonds is 8. The number of nitrogens with one attached hydrogen (secondary N) is 1. The molecule has 0 saturated carbocycles. The Morgan fingerprint density at radius 3 is 1.98 bits per heavy atom. The van der Waals surface area contributed by atoms with Crippen LogP contribution in [0.3, 0.4) is 0 Å². The molecule has 0 radical (unpaired) electrons. The van der Waals surface area contributed by atoms with Gasteiger partial charge in [-0.25, -0.2) is 4.79 Å². The second-order valence-corrected chi connectivity index (χ2v) is 12.2. The van der Waals surface area contributed by atoms with Gasteiger partial charge in [-0.05, 0) is 74.7 Å². The number of carbonyl (C=O) groups is 3. The lowest BCUT2D eigenvalue weighted by Crippen LogP contribution is -2.41. The van der Waals surface area contributed by atoms with Gasteiger partial charge in [-0.3, -0.25) is 14.5 Å². The van der Waals surface area contributed by atoms with Gasteiger partial charge in [-0.15, -0.1) is 0 Å². The topological polar surface area (TPSA) is 93.2 Å². The zero-order valence-electron chi connectivity index (χ0n) is 25.5. The van der Waals surface area contributed by atoms with E-state index in [-0.39, 0.29) is 17.9 Å². The van der Waals surface area contributed by atoms with E-state index < -0.39 is 12.1 Å². The lowest BCUT2D eigenvalue weighted by atomic mass is 10.0. The molecule has 3 fully saturated rings. The third-order valence-corrected chi connectivity index (χ3v) is 8.87. The SMILES string of the molecule is Cc1cccc(C)c1C(=O)N1CC2CN(CCC(NC(=O)CN3CCCCC3)c3ccccc3)C[C@H]2C1.O=C(O)C(F)(F)F. The summed E-state index contributed by atoms with van der Waals surface area (Å²) in [5.74, 6) is -1.35. The molecule has 2 N–H and O–H groups in total. The number of alkyl halides is 3. The van der Waals surface area contributed by atoms with Crippen LogP contribution in [0.15, 0.2) is 48.5 Å². The van der Waals surface area contributed by atoms with Gasteiger partial charge in [0, 0.05) is 38.3 Å². The summed E-state index contributed by atoms with van der Waals surface area (Å²) >= 11 is 0. The summed E-state index contributed by atoms with van der Waals surface area (Å²) in [5.41, 5.74) is 4.19. The Labute approximate surface area is 257 Å². The van der Waals surface area contributed by atoms with E-state index in [4.69, 9.17) is 9.90 Å². The molecular weight excluding hydrogens is 573 g/mol. The number of carboxylic acids is 1. The van der Waals surface area contributed by atoms with Crippen LogP contribution in [0.25, 0.3) is 0 Å². The summed E-state index contributed by atoms with van der Waals surface area (Å²) in [6.45, 7) is 11.4. The number of amides is 2. The summed E-state index contributed by atoms with van der Waals surface area (Å²) in [4.78, 5) is 42.0. The van der Waals surface area contributed by atoms with Gasteiger partial charge in [0.15, 0.2) is 0 Å². The molecule has 2 aromatic rings. The van der Waals surface area contributed by atoms with Crippen LogP contribution in [-0.2, 0) is 9.59 Å². The second kappa shape index (κ2) is 15.0. The fourth-order valence-electron chi connectivity index (χ4n) is 6.63. The number of aliphatic carboxylic acids is 1. The van der Waals surface area contributed by atoms with E-state index in [9.17, 15) is 22.8 Å². The van der Waals surface area contributed by atoms with Gasteiger partial charge in [0.1, 0.15) is 0 Å². The third kappa shape index (κ3) is 9.04. The number of aryl methyl sites for hydroxylation is 2. The Hall–Kier alpha value is -3.44. The van der Waals surface area contributed by atoms with E-state index in [1.54, 1.807) is 0 Å². The van der Waals surface area contributed by atoms with Crippen LogP contribution in [0.5, 0.6) is 0 Å². The molecule has 5 rings (SSSR count). The number of hydrogen-bond donors (Lipinski definition) is 2. The maximum atomic E-state index is 13.3. The van der Waals surface area contributed by atoms with Crippen molar-refractivity contribution in [2.45, 2.75) is 51.7 Å². The highest BCUT2D eigenvalue weighted by Crippen LogP contribution is 2.33. The Kier molecular flexibility index (Phi) is 11.4. The van der Waals surface area contributed by atoms with Gasteiger partial charge in [0.05, 0.1) is 12.6 Å². The van der Waals surface area contributed by atoms with Crippen LogP contribution >= 0.6 is 0 Å². The first kappa shape index (κ1) is 33.5. The lowest BCUT2D eigenvalue weighted by molar-refractivity contribution is -0.192. The van der Waals surface area contributed by atoms with Crippen LogP contribution in [0.1, 0.15) is 58.8 Å². The van der Waals surface area contributed by atoms with E-state index in [1.165, 1.54) is 24.8 Å². The molecule has 2 amide bonds. The van der Waals surface area contributed by atoms with Gasteiger partial charge >= 0.3 is 12.1 Å². The van der Waals surface area contributed by atoms with Crippen LogP contribution in [-0.4, -0.2) is 96.1 Å². The maximum absolute atomic E-state index is 13.3. The Bertz CT molecular complexity index is 1250. The molecule has 3 atom stereocenters. The molecular formula is C33H43F3N4O4. The van der Waals surface area contributed by atoms with Crippen LogP contribution in [0, 0.1) is 25.7 Å². The van der Waals surface area contributed by atoms with Crippen molar-refractivity contribution in [3.8, 4) is 0 Å². The second-order valence-electron chi connectivity index (χ2n) is 12.2. The average Bonchev–Trinajstić information content (AvgIpc) is 3.55. The predicted octanol–water partition coefficient (Wildman–Crippen LogP) is 4.67. The highest BCUT2D eigenvalue weighted by Gasteiger charge is 2.42. The molecule has 3 heterocycles. The Morgan fingerprint density at radius 1 is 0.864 bits per heavy atom. The van der Waals surface area contributed by atoms with Crippen molar-refractivity contribution in [1.29, 1.82) is 0 Å². The summed E-state index contributed by atoms with van der Waals surface area (Å²) in [5, 5.41) is 10.5. The van der Waals surface area contributed by atoms with Crippen molar-refractivity contribution in [2.24, 2.45) is 11.8 Å². The molecule has 0 aromatic heterocycles. The zero-order chi connectivity index (χ0) is 31.9. The number of benzene rings is 2. The first-order valence-electron chi connectivity index (χ1n) is 15.4. The Balaban J connectivity index is 0.000000566. The van der Waals surface area contributed by atoms with Crippen LogP contribution in [0.4, 0.5) is 13.2 Å². The fourth-order valence-corrected chi connectivity index (χ4v) is 6.63. The molecule has 44 heavy (non-hydrogen) atoms. The molecule has 240 valence electrons. The van der Waals surface area contributed by atoms with Gasteiger partial charge in [0.25, 0.3) is 5.91 Å². The number of fused-ring (bicyclic) bond motifs is 1. The highest BCUT2D eigenvalue weighted by atomic mass is 19.4. The molecule has 8 nitrogen and oxygen atoms in total.